The first-order chi connectivity index (χ1) is 12.2. The summed E-state index contributed by atoms with van der Waals surface area (Å²) in [4.78, 5) is 25.5. The van der Waals surface area contributed by atoms with Crippen LogP contribution in [-0.2, 0) is 0 Å². The molecule has 0 unspecified atom stereocenters. The van der Waals surface area contributed by atoms with Gasteiger partial charge in [0.25, 0.3) is 11.8 Å². The first-order valence-electron chi connectivity index (χ1n) is 9.25. The lowest BCUT2D eigenvalue weighted by molar-refractivity contribution is 0.0280. The molecule has 3 fully saturated rings. The van der Waals surface area contributed by atoms with Gasteiger partial charge in [0.05, 0.1) is 0 Å². The molecule has 1 aliphatic carbocycles. The standard InChI is InChI=1S/C18H25F2N5O/c1-11-12(2)22-14(23-15(11)25-6-3-13(21)9-25)16(26)24-7-4-17(5-8-24)10-18(17,19)20/h13H,3-10,21H2,1-2H3/t13-/m1/s1. The van der Waals surface area contributed by atoms with E-state index >= 15 is 0 Å². The van der Waals surface area contributed by atoms with Crippen LogP contribution in [0.2, 0.25) is 0 Å². The van der Waals surface area contributed by atoms with Crippen molar-refractivity contribution in [3.05, 3.63) is 17.1 Å². The monoisotopic (exact) mass is 365 g/mol. The third-order valence-electron chi connectivity index (χ3n) is 6.30. The summed E-state index contributed by atoms with van der Waals surface area (Å²) in [5.41, 5.74) is 6.84. The summed E-state index contributed by atoms with van der Waals surface area (Å²) in [6, 6.07) is 0.113. The van der Waals surface area contributed by atoms with E-state index in [2.05, 4.69) is 14.9 Å². The van der Waals surface area contributed by atoms with Crippen molar-refractivity contribution < 1.29 is 13.6 Å². The van der Waals surface area contributed by atoms with Gasteiger partial charge in [-0.25, -0.2) is 18.7 Å². The highest BCUT2D eigenvalue weighted by Gasteiger charge is 2.70. The summed E-state index contributed by atoms with van der Waals surface area (Å²) in [5.74, 6) is -1.91. The lowest BCUT2D eigenvalue weighted by Gasteiger charge is -2.32. The summed E-state index contributed by atoms with van der Waals surface area (Å²) in [6.07, 6.45) is 1.56. The molecule has 2 N–H and O–H groups in total. The molecule has 3 heterocycles. The van der Waals surface area contributed by atoms with Gasteiger partial charge in [-0.3, -0.25) is 4.79 Å². The Bertz CT molecular complexity index is 745. The molecular weight excluding hydrogens is 340 g/mol. The minimum atomic E-state index is -2.55. The van der Waals surface area contributed by atoms with Crippen LogP contribution in [0.25, 0.3) is 0 Å². The number of halogens is 2. The molecule has 1 aromatic heterocycles. The van der Waals surface area contributed by atoms with E-state index in [1.165, 1.54) is 0 Å². The second-order valence-corrected chi connectivity index (χ2v) is 8.03. The first-order valence-corrected chi connectivity index (χ1v) is 9.25. The zero-order valence-corrected chi connectivity index (χ0v) is 15.3. The van der Waals surface area contributed by atoms with E-state index < -0.39 is 11.3 Å². The molecule has 3 aliphatic rings. The quantitative estimate of drug-likeness (QED) is 0.866. The number of aryl methyl sites for hydroxylation is 1. The van der Waals surface area contributed by atoms with Crippen LogP contribution >= 0.6 is 0 Å². The van der Waals surface area contributed by atoms with Crippen LogP contribution in [0.5, 0.6) is 0 Å². The number of rotatable bonds is 2. The van der Waals surface area contributed by atoms with Gasteiger partial charge < -0.3 is 15.5 Å². The summed E-state index contributed by atoms with van der Waals surface area (Å²) >= 11 is 0. The fourth-order valence-corrected chi connectivity index (χ4v) is 4.20. The Morgan fingerprint density at radius 1 is 1.19 bits per heavy atom. The van der Waals surface area contributed by atoms with Gasteiger partial charge >= 0.3 is 0 Å². The van der Waals surface area contributed by atoms with Gasteiger partial charge in [-0.15, -0.1) is 0 Å². The average Bonchev–Trinajstić information content (AvgIpc) is 2.92. The second kappa shape index (κ2) is 5.84. The zero-order valence-electron chi connectivity index (χ0n) is 15.3. The molecule has 4 rings (SSSR count). The maximum atomic E-state index is 13.5. The Balaban J connectivity index is 1.52. The Morgan fingerprint density at radius 3 is 2.38 bits per heavy atom. The Kier molecular flexibility index (Phi) is 3.95. The lowest BCUT2D eigenvalue weighted by atomic mass is 9.93. The fraction of sp³-hybridized carbons (Fsp3) is 0.722. The van der Waals surface area contributed by atoms with Gasteiger partial charge in [0.15, 0.2) is 0 Å². The number of hydrogen-bond donors (Lipinski definition) is 1. The maximum Gasteiger partial charge on any atom is 0.291 e. The van der Waals surface area contributed by atoms with E-state index in [0.29, 0.717) is 32.5 Å². The Hall–Kier alpha value is -1.83. The molecule has 0 radical (unpaired) electrons. The predicted octanol–water partition coefficient (Wildman–Crippen LogP) is 1.89. The van der Waals surface area contributed by atoms with Crippen molar-refractivity contribution in [3.8, 4) is 0 Å². The number of piperidine rings is 1. The molecule has 0 bridgehead atoms. The number of nitrogens with two attached hydrogens (primary N) is 1. The summed E-state index contributed by atoms with van der Waals surface area (Å²) < 4.78 is 27.1. The third-order valence-corrected chi connectivity index (χ3v) is 6.30. The number of aromatic nitrogens is 2. The number of alkyl halides is 2. The largest absolute Gasteiger partial charge is 0.355 e. The molecule has 8 heteroatoms. The van der Waals surface area contributed by atoms with Gasteiger partial charge in [0, 0.05) is 55.3 Å². The minimum absolute atomic E-state index is 0.0401. The highest BCUT2D eigenvalue weighted by atomic mass is 19.3. The topological polar surface area (TPSA) is 75.4 Å². The van der Waals surface area contributed by atoms with Gasteiger partial charge in [0.2, 0.25) is 5.82 Å². The molecule has 0 aromatic carbocycles. The maximum absolute atomic E-state index is 13.5. The number of anilines is 1. The highest BCUT2D eigenvalue weighted by molar-refractivity contribution is 5.91. The first kappa shape index (κ1) is 17.6. The number of hydrogen-bond acceptors (Lipinski definition) is 5. The zero-order chi connectivity index (χ0) is 18.7. The van der Waals surface area contributed by atoms with E-state index in [1.54, 1.807) is 4.90 Å². The minimum Gasteiger partial charge on any atom is -0.355 e. The molecule has 1 amide bonds. The molecule has 142 valence electrons. The van der Waals surface area contributed by atoms with E-state index in [-0.39, 0.29) is 24.2 Å². The van der Waals surface area contributed by atoms with E-state index in [1.807, 2.05) is 13.8 Å². The molecule has 26 heavy (non-hydrogen) atoms. The molecule has 2 saturated heterocycles. The molecule has 1 aromatic rings. The van der Waals surface area contributed by atoms with Crippen molar-refractivity contribution in [2.45, 2.75) is 51.5 Å². The molecule has 6 nitrogen and oxygen atoms in total. The number of carbonyl (C=O) groups excluding carboxylic acids is 1. The summed E-state index contributed by atoms with van der Waals surface area (Å²) in [5, 5.41) is 0. The van der Waals surface area contributed by atoms with Crippen molar-refractivity contribution in [3.63, 3.8) is 0 Å². The smallest absolute Gasteiger partial charge is 0.291 e. The number of amides is 1. The molecule has 1 spiro atoms. The Labute approximate surface area is 151 Å². The van der Waals surface area contributed by atoms with Crippen molar-refractivity contribution in [1.29, 1.82) is 0 Å². The lowest BCUT2D eigenvalue weighted by Crippen LogP contribution is -2.41. The second-order valence-electron chi connectivity index (χ2n) is 8.03. The molecule has 1 atom stereocenters. The van der Waals surface area contributed by atoms with E-state index in [9.17, 15) is 13.6 Å². The normalized spacial score (nSPS) is 26.4. The van der Waals surface area contributed by atoms with Crippen LogP contribution in [0.4, 0.5) is 14.6 Å². The molecule has 2 aliphatic heterocycles. The third kappa shape index (κ3) is 2.74. The van der Waals surface area contributed by atoms with E-state index in [0.717, 1.165) is 30.0 Å². The van der Waals surface area contributed by atoms with Gasteiger partial charge in [-0.2, -0.15) is 0 Å². The Morgan fingerprint density at radius 2 is 1.85 bits per heavy atom. The van der Waals surface area contributed by atoms with Crippen molar-refractivity contribution >= 4 is 11.7 Å². The average molecular weight is 365 g/mol. The summed E-state index contributed by atoms with van der Waals surface area (Å²) in [6.45, 7) is 6.02. The van der Waals surface area contributed by atoms with Crippen LogP contribution in [0.3, 0.4) is 0 Å². The van der Waals surface area contributed by atoms with Gasteiger partial charge in [-0.05, 0) is 33.1 Å². The van der Waals surface area contributed by atoms with Gasteiger partial charge in [-0.1, -0.05) is 0 Å². The van der Waals surface area contributed by atoms with Crippen LogP contribution in [-0.4, -0.2) is 58.9 Å². The highest BCUT2D eigenvalue weighted by Crippen LogP contribution is 2.65. The number of carbonyl (C=O) groups is 1. The SMILES string of the molecule is Cc1nc(C(=O)N2CCC3(CC2)CC3(F)F)nc(N2CC[C@@H](N)C2)c1C. The van der Waals surface area contributed by atoms with E-state index in [4.69, 9.17) is 5.73 Å². The van der Waals surface area contributed by atoms with Crippen molar-refractivity contribution in [2.24, 2.45) is 11.1 Å². The summed E-state index contributed by atoms with van der Waals surface area (Å²) in [7, 11) is 0. The van der Waals surface area contributed by atoms with Gasteiger partial charge in [0.1, 0.15) is 5.82 Å². The predicted molar refractivity (Wildman–Crippen MR) is 93.4 cm³/mol. The van der Waals surface area contributed by atoms with Crippen LogP contribution < -0.4 is 10.6 Å². The molecule has 1 saturated carbocycles. The number of likely N-dealkylation sites (tertiary alicyclic amines) is 1. The fourth-order valence-electron chi connectivity index (χ4n) is 4.20. The molecular formula is C18H25F2N5O. The van der Waals surface area contributed by atoms with Crippen LogP contribution in [0.1, 0.15) is 47.6 Å². The van der Waals surface area contributed by atoms with Crippen molar-refractivity contribution in [2.75, 3.05) is 31.1 Å². The van der Waals surface area contributed by atoms with Crippen molar-refractivity contribution in [1.82, 2.24) is 14.9 Å². The van der Waals surface area contributed by atoms with Crippen LogP contribution in [0.15, 0.2) is 0 Å². The number of nitrogens with zero attached hydrogens (tertiary/aromatic N) is 4. The van der Waals surface area contributed by atoms with Crippen LogP contribution in [0, 0.1) is 19.3 Å².